The van der Waals surface area contributed by atoms with Crippen molar-refractivity contribution in [3.05, 3.63) is 60.2 Å². The Morgan fingerprint density at radius 1 is 1.02 bits per heavy atom. The molecule has 2 N–H and O–H groups in total. The van der Waals surface area contributed by atoms with Crippen LogP contribution in [-0.2, 0) is 5.41 Å². The lowest BCUT2D eigenvalue weighted by Crippen LogP contribution is -2.19. The van der Waals surface area contributed by atoms with Crippen LogP contribution in [0.2, 0.25) is 0 Å². The molecule has 1 aliphatic carbocycles. The molecule has 1 fully saturated rings. The van der Waals surface area contributed by atoms with Gasteiger partial charge in [0.05, 0.1) is 19.2 Å². The van der Waals surface area contributed by atoms with Crippen molar-refractivity contribution < 1.29 is 27.9 Å². The zero-order chi connectivity index (χ0) is 28.3. The fourth-order valence-corrected chi connectivity index (χ4v) is 4.62. The van der Waals surface area contributed by atoms with Gasteiger partial charge in [-0.15, -0.1) is 0 Å². The summed E-state index contributed by atoms with van der Waals surface area (Å²) in [5.74, 6) is 2.36. The Morgan fingerprint density at radius 3 is 2.52 bits per heavy atom. The lowest BCUT2D eigenvalue weighted by molar-refractivity contribution is 0.241. The third-order valence-electron chi connectivity index (χ3n) is 6.84. The summed E-state index contributed by atoms with van der Waals surface area (Å²) in [4.78, 5) is 16.8. The quantitative estimate of drug-likeness (QED) is 0.233. The van der Waals surface area contributed by atoms with E-state index in [-0.39, 0.29) is 22.7 Å². The zero-order valence-electron chi connectivity index (χ0n) is 23.0. The van der Waals surface area contributed by atoms with E-state index in [1.54, 1.807) is 37.6 Å². The normalized spacial score (nSPS) is 13.8. The standard InChI is InChI=1S/C30H33FN4O5/c1-30(2,3)27-16-28(35-40-27)34-29(36)33-19-9-10-24(21(31)13-19)39-23-11-12-32-22-15-26(25(37-4)14-20(22)23)38-17-18-7-5-6-8-18/h9-16,18H,5-8,17H2,1-4H3,(H2,33,34,35,36). The SMILES string of the molecule is COc1cc2c(Oc3ccc(NC(=O)Nc4cc(C(C)(C)C)on4)cc3F)ccnc2cc1OCC1CCCC1. The zero-order valence-corrected chi connectivity index (χ0v) is 23.0. The number of carbonyl (C=O) groups is 1. The van der Waals surface area contributed by atoms with Gasteiger partial charge in [0.1, 0.15) is 11.5 Å². The average molecular weight is 549 g/mol. The van der Waals surface area contributed by atoms with Gasteiger partial charge in [-0.25, -0.2) is 9.18 Å². The molecule has 0 radical (unpaired) electrons. The summed E-state index contributed by atoms with van der Waals surface area (Å²) < 4.78 is 37.9. The molecule has 5 rings (SSSR count). The van der Waals surface area contributed by atoms with Gasteiger partial charge in [-0.1, -0.05) is 38.8 Å². The smallest absolute Gasteiger partial charge is 0.324 e. The summed E-state index contributed by atoms with van der Waals surface area (Å²) in [5.41, 5.74) is 0.628. The molecule has 2 aromatic carbocycles. The largest absolute Gasteiger partial charge is 0.493 e. The lowest BCUT2D eigenvalue weighted by atomic mass is 9.93. The number of anilines is 2. The van der Waals surface area contributed by atoms with Crippen LogP contribution in [0.1, 0.15) is 52.2 Å². The van der Waals surface area contributed by atoms with Crippen molar-refractivity contribution in [3.63, 3.8) is 0 Å². The third-order valence-corrected chi connectivity index (χ3v) is 6.84. The first kappa shape index (κ1) is 27.2. The van der Waals surface area contributed by atoms with Gasteiger partial charge in [-0.2, -0.15) is 0 Å². The Labute approximate surface area is 232 Å². The summed E-state index contributed by atoms with van der Waals surface area (Å²) in [6, 6.07) is 10.5. The van der Waals surface area contributed by atoms with Crippen LogP contribution in [0.25, 0.3) is 10.9 Å². The molecule has 2 amide bonds. The lowest BCUT2D eigenvalue weighted by Gasteiger charge is -2.16. The Kier molecular flexibility index (Phi) is 7.77. The number of hydrogen-bond acceptors (Lipinski definition) is 7. The molecule has 210 valence electrons. The molecule has 0 saturated heterocycles. The van der Waals surface area contributed by atoms with E-state index in [1.165, 1.54) is 37.8 Å². The molecular formula is C30H33FN4O5. The highest BCUT2D eigenvalue weighted by molar-refractivity contribution is 5.99. The first-order chi connectivity index (χ1) is 19.2. The summed E-state index contributed by atoms with van der Waals surface area (Å²) in [6.45, 7) is 6.55. The van der Waals surface area contributed by atoms with Gasteiger partial charge in [0.2, 0.25) is 0 Å². The molecule has 9 nitrogen and oxygen atoms in total. The predicted molar refractivity (Wildman–Crippen MR) is 150 cm³/mol. The number of urea groups is 1. The highest BCUT2D eigenvalue weighted by Crippen LogP contribution is 2.38. The van der Waals surface area contributed by atoms with Crippen molar-refractivity contribution in [3.8, 4) is 23.0 Å². The van der Waals surface area contributed by atoms with E-state index in [4.69, 9.17) is 18.7 Å². The van der Waals surface area contributed by atoms with E-state index < -0.39 is 11.8 Å². The van der Waals surface area contributed by atoms with E-state index in [0.29, 0.717) is 46.4 Å². The molecule has 1 saturated carbocycles. The number of aromatic nitrogens is 2. The van der Waals surface area contributed by atoms with Gasteiger partial charge in [-0.3, -0.25) is 10.3 Å². The maximum atomic E-state index is 15.0. The first-order valence-electron chi connectivity index (χ1n) is 13.3. The van der Waals surface area contributed by atoms with Crippen molar-refractivity contribution in [2.24, 2.45) is 5.92 Å². The average Bonchev–Trinajstić information content (AvgIpc) is 3.61. The predicted octanol–water partition coefficient (Wildman–Crippen LogP) is 7.67. The highest BCUT2D eigenvalue weighted by atomic mass is 19.1. The topological polar surface area (TPSA) is 108 Å². The summed E-state index contributed by atoms with van der Waals surface area (Å²) >= 11 is 0. The van der Waals surface area contributed by atoms with Gasteiger partial charge in [0, 0.05) is 40.9 Å². The van der Waals surface area contributed by atoms with Crippen molar-refractivity contribution in [1.82, 2.24) is 10.1 Å². The minimum Gasteiger partial charge on any atom is -0.493 e. The fraction of sp³-hybridized carbons (Fsp3) is 0.367. The van der Waals surface area contributed by atoms with Crippen LogP contribution in [0.3, 0.4) is 0 Å². The molecule has 0 atom stereocenters. The molecule has 2 aromatic heterocycles. The molecule has 0 bridgehead atoms. The molecule has 10 heteroatoms. The van der Waals surface area contributed by atoms with E-state index in [9.17, 15) is 4.79 Å². The van der Waals surface area contributed by atoms with Gasteiger partial charge < -0.3 is 24.1 Å². The number of halogens is 1. The van der Waals surface area contributed by atoms with Crippen LogP contribution in [0.4, 0.5) is 20.7 Å². The second-order valence-electron chi connectivity index (χ2n) is 10.9. The number of fused-ring (bicyclic) bond motifs is 1. The molecule has 2 heterocycles. The fourth-order valence-electron chi connectivity index (χ4n) is 4.62. The van der Waals surface area contributed by atoms with Gasteiger partial charge in [0.25, 0.3) is 0 Å². The van der Waals surface area contributed by atoms with Crippen LogP contribution in [0.5, 0.6) is 23.0 Å². The number of amides is 2. The first-order valence-corrected chi connectivity index (χ1v) is 13.3. The summed E-state index contributed by atoms with van der Waals surface area (Å²) in [5, 5.41) is 9.66. The van der Waals surface area contributed by atoms with Crippen molar-refractivity contribution >= 4 is 28.4 Å². The molecule has 0 unspecified atom stereocenters. The third kappa shape index (κ3) is 6.27. The molecule has 1 aliphatic rings. The van der Waals surface area contributed by atoms with E-state index >= 15 is 4.39 Å². The Morgan fingerprint density at radius 2 is 1.82 bits per heavy atom. The Bertz CT molecular complexity index is 1510. The van der Waals surface area contributed by atoms with Gasteiger partial charge >= 0.3 is 6.03 Å². The summed E-state index contributed by atoms with van der Waals surface area (Å²) in [7, 11) is 1.58. The second-order valence-corrected chi connectivity index (χ2v) is 10.9. The van der Waals surface area contributed by atoms with E-state index in [1.807, 2.05) is 26.8 Å². The van der Waals surface area contributed by atoms with Crippen LogP contribution >= 0.6 is 0 Å². The minimum absolute atomic E-state index is 0.00898. The minimum atomic E-state index is -0.650. The van der Waals surface area contributed by atoms with Crippen LogP contribution in [0.15, 0.2) is 53.2 Å². The Hall–Kier alpha value is -4.34. The summed E-state index contributed by atoms with van der Waals surface area (Å²) in [6.07, 6.45) is 6.44. The number of pyridine rings is 1. The van der Waals surface area contributed by atoms with Crippen LogP contribution in [-0.4, -0.2) is 29.9 Å². The maximum absolute atomic E-state index is 15.0. The number of ether oxygens (including phenoxy) is 3. The number of benzene rings is 2. The number of methoxy groups -OCH3 is 1. The van der Waals surface area contributed by atoms with Crippen molar-refractivity contribution in [2.75, 3.05) is 24.4 Å². The maximum Gasteiger partial charge on any atom is 0.324 e. The number of carbonyl (C=O) groups excluding carboxylic acids is 1. The van der Waals surface area contributed by atoms with Crippen LogP contribution in [0, 0.1) is 11.7 Å². The van der Waals surface area contributed by atoms with Gasteiger partial charge in [0.15, 0.2) is 28.9 Å². The van der Waals surface area contributed by atoms with E-state index in [0.717, 1.165) is 0 Å². The molecule has 0 aliphatic heterocycles. The molecule has 0 spiro atoms. The number of rotatable bonds is 8. The number of nitrogens with one attached hydrogen (secondary N) is 2. The number of hydrogen-bond donors (Lipinski definition) is 2. The van der Waals surface area contributed by atoms with Crippen molar-refractivity contribution in [2.45, 2.75) is 51.9 Å². The molecule has 40 heavy (non-hydrogen) atoms. The highest BCUT2D eigenvalue weighted by Gasteiger charge is 2.21. The molecular weight excluding hydrogens is 515 g/mol. The van der Waals surface area contributed by atoms with Gasteiger partial charge in [-0.05, 0) is 43.0 Å². The monoisotopic (exact) mass is 548 g/mol. The second kappa shape index (κ2) is 11.4. The van der Waals surface area contributed by atoms with E-state index in [2.05, 4.69) is 20.8 Å². The van der Waals surface area contributed by atoms with Crippen molar-refractivity contribution in [1.29, 1.82) is 0 Å². The Balaban J connectivity index is 1.28. The number of nitrogens with zero attached hydrogens (tertiary/aromatic N) is 2. The van der Waals surface area contributed by atoms with Crippen LogP contribution < -0.4 is 24.8 Å². The molecule has 4 aromatic rings.